The van der Waals surface area contributed by atoms with Crippen LogP contribution >= 0.6 is 0 Å². The van der Waals surface area contributed by atoms with Gasteiger partial charge < -0.3 is 10.6 Å². The lowest BCUT2D eigenvalue weighted by molar-refractivity contribution is -0.124. The van der Waals surface area contributed by atoms with Crippen molar-refractivity contribution in [2.75, 3.05) is 18.4 Å². The Morgan fingerprint density at radius 1 is 1.20 bits per heavy atom. The zero-order valence-electron chi connectivity index (χ0n) is 9.90. The molecule has 0 aromatic heterocycles. The average Bonchev–Trinajstić information content (AvgIpc) is 2.42. The lowest BCUT2D eigenvalue weighted by Gasteiger charge is -2.23. The number of anilines is 1. The molecule has 20 heavy (non-hydrogen) atoms. The molecule has 2 rings (SSSR count). The molecule has 1 heterocycles. The van der Waals surface area contributed by atoms with Gasteiger partial charge >= 0.3 is 0 Å². The van der Waals surface area contributed by atoms with Crippen molar-refractivity contribution in [2.45, 2.75) is 6.04 Å². The summed E-state index contributed by atoms with van der Waals surface area (Å²) >= 11 is 0. The fourth-order valence-electron chi connectivity index (χ4n) is 1.65. The molecule has 1 saturated heterocycles. The van der Waals surface area contributed by atoms with Crippen LogP contribution in [0.25, 0.3) is 0 Å². The number of hydrogen-bond donors (Lipinski definition) is 3. The van der Waals surface area contributed by atoms with Crippen LogP contribution in [0.3, 0.4) is 0 Å². The number of piperazine rings is 1. The first-order valence-corrected chi connectivity index (χ1v) is 5.54. The first kappa shape index (κ1) is 14.3. The van der Waals surface area contributed by atoms with Crippen LogP contribution in [0.2, 0.25) is 0 Å². The number of halogens is 4. The minimum absolute atomic E-state index is 0.0411. The minimum atomic E-state index is -1.70. The van der Waals surface area contributed by atoms with Crippen LogP contribution in [0.5, 0.6) is 0 Å². The molecule has 0 radical (unpaired) electrons. The monoisotopic (exact) mass is 291 g/mol. The van der Waals surface area contributed by atoms with Crippen molar-refractivity contribution in [1.29, 1.82) is 0 Å². The van der Waals surface area contributed by atoms with Gasteiger partial charge in [-0.05, 0) is 0 Å². The molecule has 0 bridgehead atoms. The lowest BCUT2D eigenvalue weighted by Crippen LogP contribution is -2.56. The third-order valence-electron chi connectivity index (χ3n) is 2.69. The summed E-state index contributed by atoms with van der Waals surface area (Å²) in [5.74, 6) is -7.90. The van der Waals surface area contributed by atoms with Gasteiger partial charge in [-0.3, -0.25) is 14.9 Å². The van der Waals surface area contributed by atoms with Crippen molar-refractivity contribution in [1.82, 2.24) is 10.6 Å². The minimum Gasteiger partial charge on any atom is -0.353 e. The summed E-state index contributed by atoms with van der Waals surface area (Å²) in [4.78, 5) is 22.6. The first-order chi connectivity index (χ1) is 9.40. The maximum atomic E-state index is 13.3. The van der Waals surface area contributed by atoms with Crippen LogP contribution in [-0.2, 0) is 9.59 Å². The van der Waals surface area contributed by atoms with E-state index in [0.29, 0.717) is 0 Å². The average molecular weight is 291 g/mol. The molecular formula is C11H9F4N3O2. The predicted molar refractivity (Wildman–Crippen MR) is 59.7 cm³/mol. The van der Waals surface area contributed by atoms with Gasteiger partial charge in [0.15, 0.2) is 23.3 Å². The first-order valence-electron chi connectivity index (χ1n) is 5.54. The second kappa shape index (κ2) is 5.45. The Balaban J connectivity index is 2.18. The highest BCUT2D eigenvalue weighted by Crippen LogP contribution is 2.24. The van der Waals surface area contributed by atoms with Crippen molar-refractivity contribution in [3.8, 4) is 0 Å². The van der Waals surface area contributed by atoms with Gasteiger partial charge in [-0.25, -0.2) is 17.6 Å². The van der Waals surface area contributed by atoms with Gasteiger partial charge in [0.1, 0.15) is 11.7 Å². The Labute approximate surface area is 110 Å². The van der Waals surface area contributed by atoms with E-state index in [1.807, 2.05) is 0 Å². The van der Waals surface area contributed by atoms with Crippen molar-refractivity contribution < 1.29 is 27.2 Å². The van der Waals surface area contributed by atoms with E-state index in [1.165, 1.54) is 0 Å². The number of rotatable bonds is 2. The van der Waals surface area contributed by atoms with Gasteiger partial charge in [-0.1, -0.05) is 0 Å². The molecule has 108 valence electrons. The van der Waals surface area contributed by atoms with Crippen LogP contribution in [0.1, 0.15) is 0 Å². The van der Waals surface area contributed by atoms with Gasteiger partial charge in [0.05, 0.1) is 6.54 Å². The number of carbonyl (C=O) groups is 2. The quantitative estimate of drug-likeness (QED) is 0.541. The van der Waals surface area contributed by atoms with E-state index in [9.17, 15) is 27.2 Å². The molecule has 0 aliphatic carbocycles. The summed E-state index contributed by atoms with van der Waals surface area (Å²) in [7, 11) is 0. The fourth-order valence-corrected chi connectivity index (χ4v) is 1.65. The molecule has 9 heteroatoms. The predicted octanol–water partition coefficient (Wildman–Crippen LogP) is 0.269. The second-order valence-corrected chi connectivity index (χ2v) is 4.07. The summed E-state index contributed by atoms with van der Waals surface area (Å²) in [5, 5.41) is 6.62. The van der Waals surface area contributed by atoms with Gasteiger partial charge in [0.25, 0.3) is 0 Å². The van der Waals surface area contributed by atoms with Crippen LogP contribution in [0.15, 0.2) is 6.07 Å². The fraction of sp³-hybridized carbons (Fsp3) is 0.273. The largest absolute Gasteiger partial charge is 0.353 e. The molecule has 0 saturated carbocycles. The zero-order valence-corrected chi connectivity index (χ0v) is 9.90. The third kappa shape index (κ3) is 2.72. The normalized spacial score (nSPS) is 18.6. The molecule has 1 unspecified atom stereocenters. The highest BCUT2D eigenvalue weighted by molar-refractivity contribution is 5.96. The molecule has 3 N–H and O–H groups in total. The number of hydrogen-bond acceptors (Lipinski definition) is 3. The summed E-state index contributed by atoms with van der Waals surface area (Å²) in [5.41, 5.74) is -1.20. The van der Waals surface area contributed by atoms with Gasteiger partial charge in [-0.2, -0.15) is 0 Å². The van der Waals surface area contributed by atoms with Crippen LogP contribution in [0, 0.1) is 23.3 Å². The zero-order chi connectivity index (χ0) is 14.9. The molecule has 1 atom stereocenters. The number of amides is 2. The van der Waals surface area contributed by atoms with Crippen molar-refractivity contribution in [3.63, 3.8) is 0 Å². The molecular weight excluding hydrogens is 282 g/mol. The standard InChI is InChI=1S/C11H9F4N3O2/c12-4-1-5(13)9(15)10(8(4)14)18-11(20)6-2-17-7(19)3-16-6/h1,6,16H,2-3H2,(H,17,19)(H,18,20). The summed E-state index contributed by atoms with van der Waals surface area (Å²) < 4.78 is 52.6. The Kier molecular flexibility index (Phi) is 3.89. The van der Waals surface area contributed by atoms with E-state index in [1.54, 1.807) is 5.32 Å². The SMILES string of the molecule is O=C1CNC(C(=O)Nc2c(F)c(F)cc(F)c2F)CN1. The Morgan fingerprint density at radius 2 is 1.80 bits per heavy atom. The topological polar surface area (TPSA) is 70.2 Å². The number of carbonyl (C=O) groups excluding carboxylic acids is 2. The molecule has 5 nitrogen and oxygen atoms in total. The molecule has 1 aliphatic rings. The van der Waals surface area contributed by atoms with Gasteiger partial charge in [0, 0.05) is 12.6 Å². The highest BCUT2D eigenvalue weighted by Gasteiger charge is 2.27. The number of nitrogens with one attached hydrogen (secondary N) is 3. The van der Waals surface area contributed by atoms with Gasteiger partial charge in [-0.15, -0.1) is 0 Å². The molecule has 2 amide bonds. The number of benzene rings is 1. The van der Waals surface area contributed by atoms with Crippen LogP contribution in [0.4, 0.5) is 23.2 Å². The van der Waals surface area contributed by atoms with Crippen molar-refractivity contribution >= 4 is 17.5 Å². The molecule has 1 aliphatic heterocycles. The Morgan fingerprint density at radius 3 is 2.30 bits per heavy atom. The van der Waals surface area contributed by atoms with E-state index >= 15 is 0 Å². The molecule has 1 fully saturated rings. The summed E-state index contributed by atoms with van der Waals surface area (Å²) in [6.45, 7) is -0.258. The Bertz CT molecular complexity index is 543. The van der Waals surface area contributed by atoms with E-state index in [-0.39, 0.29) is 25.1 Å². The van der Waals surface area contributed by atoms with Gasteiger partial charge in [0.2, 0.25) is 11.8 Å². The smallest absolute Gasteiger partial charge is 0.243 e. The Hall–Kier alpha value is -2.16. The maximum Gasteiger partial charge on any atom is 0.243 e. The van der Waals surface area contributed by atoms with E-state index in [4.69, 9.17) is 0 Å². The van der Waals surface area contributed by atoms with Crippen LogP contribution < -0.4 is 16.0 Å². The highest BCUT2D eigenvalue weighted by atomic mass is 19.2. The van der Waals surface area contributed by atoms with E-state index in [2.05, 4.69) is 10.6 Å². The molecule has 0 spiro atoms. The summed E-state index contributed by atoms with van der Waals surface area (Å²) in [6, 6.07) is -0.919. The van der Waals surface area contributed by atoms with Crippen molar-refractivity contribution in [2.24, 2.45) is 0 Å². The van der Waals surface area contributed by atoms with Crippen LogP contribution in [-0.4, -0.2) is 30.9 Å². The molecule has 1 aromatic carbocycles. The summed E-state index contributed by atoms with van der Waals surface area (Å²) in [6.07, 6.45) is 0. The van der Waals surface area contributed by atoms with E-state index < -0.39 is 40.9 Å². The molecule has 1 aromatic rings. The lowest BCUT2D eigenvalue weighted by atomic mass is 10.2. The second-order valence-electron chi connectivity index (χ2n) is 4.07. The van der Waals surface area contributed by atoms with E-state index in [0.717, 1.165) is 0 Å². The van der Waals surface area contributed by atoms with Crippen molar-refractivity contribution in [3.05, 3.63) is 29.3 Å². The maximum absolute atomic E-state index is 13.3. The third-order valence-corrected chi connectivity index (χ3v) is 2.69.